The van der Waals surface area contributed by atoms with Gasteiger partial charge >= 0.3 is 0 Å². The van der Waals surface area contributed by atoms with E-state index < -0.39 is 18.2 Å². The summed E-state index contributed by atoms with van der Waals surface area (Å²) in [6, 6.07) is 16.3. The molecule has 2 aliphatic rings. The predicted molar refractivity (Wildman–Crippen MR) is 92.5 cm³/mol. The van der Waals surface area contributed by atoms with E-state index >= 15 is 0 Å². The van der Waals surface area contributed by atoms with Crippen molar-refractivity contribution < 1.29 is 9.76 Å². The van der Waals surface area contributed by atoms with Gasteiger partial charge in [-0.2, -0.15) is 5.06 Å². The molecule has 3 heterocycles. The fourth-order valence-electron chi connectivity index (χ4n) is 4.21. The number of hydroxylamine groups is 2. The van der Waals surface area contributed by atoms with Gasteiger partial charge in [-0.1, -0.05) is 48.5 Å². The molecular weight excluding hydrogens is 318 g/mol. The predicted octanol–water partition coefficient (Wildman–Crippen LogP) is 3.40. The van der Waals surface area contributed by atoms with E-state index in [9.17, 15) is 10.1 Å². The Balaban J connectivity index is 1.65. The summed E-state index contributed by atoms with van der Waals surface area (Å²) in [6.45, 7) is 0.660. The van der Waals surface area contributed by atoms with E-state index in [1.807, 2.05) is 48.5 Å². The molecule has 0 radical (unpaired) electrons. The van der Waals surface area contributed by atoms with E-state index in [4.69, 9.17) is 4.84 Å². The van der Waals surface area contributed by atoms with Gasteiger partial charge in [0.1, 0.15) is 6.04 Å². The molecule has 3 atom stereocenters. The number of hydrogen-bond acceptors (Lipinski definition) is 4. The molecule has 2 aliphatic heterocycles. The zero-order valence-electron chi connectivity index (χ0n) is 13.5. The average molecular weight is 335 g/mol. The number of rotatable bonds is 2. The molecule has 2 aromatic carbocycles. The lowest BCUT2D eigenvalue weighted by Gasteiger charge is -2.27. The Labute approximate surface area is 144 Å². The Kier molecular flexibility index (Phi) is 3.16. The fraction of sp³-hybridized carbons (Fsp3) is 0.263. The first-order valence-corrected chi connectivity index (χ1v) is 8.45. The molecule has 1 aromatic heterocycles. The summed E-state index contributed by atoms with van der Waals surface area (Å²) in [7, 11) is 0. The second-order valence-electron chi connectivity index (χ2n) is 6.61. The lowest BCUT2D eigenvalue weighted by molar-refractivity contribution is -0.531. The third kappa shape index (κ3) is 2.11. The van der Waals surface area contributed by atoms with Gasteiger partial charge in [0.2, 0.25) is 0 Å². The first kappa shape index (κ1) is 14.6. The SMILES string of the molecule is O=[N+]([O-])[C@@H]1[C@@H](c2ccccc2)ON2CCc3c([nH]c4ccccc34)[C@@H]12. The lowest BCUT2D eigenvalue weighted by atomic mass is 9.91. The molecule has 126 valence electrons. The minimum atomic E-state index is -0.838. The highest BCUT2D eigenvalue weighted by molar-refractivity contribution is 5.85. The van der Waals surface area contributed by atoms with Crippen molar-refractivity contribution in [3.8, 4) is 0 Å². The maximum absolute atomic E-state index is 12.0. The van der Waals surface area contributed by atoms with Gasteiger partial charge in [0.05, 0.1) is 0 Å². The molecule has 0 spiro atoms. The third-order valence-corrected chi connectivity index (χ3v) is 5.29. The Morgan fingerprint density at radius 1 is 1.12 bits per heavy atom. The standard InChI is InChI=1S/C19H17N3O3/c23-22(24)18-17-16-14(13-8-4-5-9-15(13)20-16)10-11-21(17)25-19(18)12-6-2-1-3-7-12/h1-9,17-20H,10-11H2/t17-,18-,19+/m0/s1. The summed E-state index contributed by atoms with van der Waals surface area (Å²) in [5.74, 6) is 0. The number of nitrogens with one attached hydrogen (secondary N) is 1. The summed E-state index contributed by atoms with van der Waals surface area (Å²) in [6.07, 6.45) is 0.250. The molecule has 6 nitrogen and oxygen atoms in total. The third-order valence-electron chi connectivity index (χ3n) is 5.29. The van der Waals surface area contributed by atoms with Crippen LogP contribution in [0.5, 0.6) is 0 Å². The molecule has 5 rings (SSSR count). The van der Waals surface area contributed by atoms with Crippen molar-refractivity contribution in [1.82, 2.24) is 10.0 Å². The summed E-state index contributed by atoms with van der Waals surface area (Å²) in [4.78, 5) is 21.2. The van der Waals surface area contributed by atoms with Gasteiger partial charge in [-0.15, -0.1) is 0 Å². The van der Waals surface area contributed by atoms with Crippen LogP contribution in [0.25, 0.3) is 10.9 Å². The smallest absolute Gasteiger partial charge is 0.268 e. The number of nitro groups is 1. The molecular formula is C19H17N3O3. The highest BCUT2D eigenvalue weighted by Gasteiger charge is 2.55. The Hall–Kier alpha value is -2.70. The molecule has 0 saturated carbocycles. The molecule has 1 fully saturated rings. The van der Waals surface area contributed by atoms with Crippen molar-refractivity contribution in [3.63, 3.8) is 0 Å². The molecule has 0 unspecified atom stereocenters. The second-order valence-corrected chi connectivity index (χ2v) is 6.61. The Bertz CT molecular complexity index is 953. The van der Waals surface area contributed by atoms with E-state index in [2.05, 4.69) is 11.1 Å². The van der Waals surface area contributed by atoms with Crippen LogP contribution in [-0.4, -0.2) is 27.6 Å². The maximum atomic E-state index is 12.0. The van der Waals surface area contributed by atoms with Gasteiger partial charge in [0.25, 0.3) is 6.04 Å². The Morgan fingerprint density at radius 3 is 2.68 bits per heavy atom. The van der Waals surface area contributed by atoms with Crippen LogP contribution in [0, 0.1) is 10.1 Å². The van der Waals surface area contributed by atoms with Gasteiger partial charge in [-0.05, 0) is 23.6 Å². The van der Waals surface area contributed by atoms with Gasteiger partial charge < -0.3 is 4.98 Å². The summed E-state index contributed by atoms with van der Waals surface area (Å²) in [5, 5.41) is 14.9. The van der Waals surface area contributed by atoms with Crippen LogP contribution < -0.4 is 0 Å². The molecule has 0 bridgehead atoms. The van der Waals surface area contributed by atoms with Crippen LogP contribution in [0.2, 0.25) is 0 Å². The largest absolute Gasteiger partial charge is 0.357 e. The summed E-state index contributed by atoms with van der Waals surface area (Å²) >= 11 is 0. The molecule has 1 N–H and O–H groups in total. The highest BCUT2D eigenvalue weighted by Crippen LogP contribution is 2.47. The van der Waals surface area contributed by atoms with E-state index in [-0.39, 0.29) is 4.92 Å². The van der Waals surface area contributed by atoms with Gasteiger partial charge in [-0.3, -0.25) is 15.0 Å². The van der Waals surface area contributed by atoms with E-state index in [1.54, 1.807) is 5.06 Å². The first-order valence-electron chi connectivity index (χ1n) is 8.45. The van der Waals surface area contributed by atoms with Crippen LogP contribution in [0.1, 0.15) is 29.0 Å². The number of nitrogens with zero attached hydrogens (tertiary/aromatic N) is 2. The van der Waals surface area contributed by atoms with Crippen LogP contribution in [0.4, 0.5) is 0 Å². The molecule has 3 aromatic rings. The maximum Gasteiger partial charge on any atom is 0.268 e. The van der Waals surface area contributed by atoms with Crippen molar-refractivity contribution in [1.29, 1.82) is 0 Å². The quantitative estimate of drug-likeness (QED) is 0.575. The van der Waals surface area contributed by atoms with Crippen molar-refractivity contribution in [2.24, 2.45) is 0 Å². The number of H-pyrrole nitrogens is 1. The first-order chi connectivity index (χ1) is 12.2. The van der Waals surface area contributed by atoms with Gasteiger partial charge in [0, 0.05) is 28.1 Å². The van der Waals surface area contributed by atoms with Crippen LogP contribution in [0.3, 0.4) is 0 Å². The average Bonchev–Trinajstić information content (AvgIpc) is 3.20. The van der Waals surface area contributed by atoms with E-state index in [0.29, 0.717) is 6.54 Å². The zero-order chi connectivity index (χ0) is 17.0. The normalized spacial score (nSPS) is 25.7. The van der Waals surface area contributed by atoms with Crippen LogP contribution >= 0.6 is 0 Å². The topological polar surface area (TPSA) is 71.4 Å². The molecule has 0 amide bonds. The molecule has 0 aliphatic carbocycles. The van der Waals surface area contributed by atoms with Crippen LogP contribution in [-0.2, 0) is 11.3 Å². The number of aromatic nitrogens is 1. The molecule has 1 saturated heterocycles. The van der Waals surface area contributed by atoms with Crippen molar-refractivity contribution in [2.75, 3.05) is 6.54 Å². The zero-order valence-corrected chi connectivity index (χ0v) is 13.5. The van der Waals surface area contributed by atoms with E-state index in [0.717, 1.165) is 28.6 Å². The molecule has 25 heavy (non-hydrogen) atoms. The number of para-hydroxylation sites is 1. The minimum absolute atomic E-state index is 0.192. The summed E-state index contributed by atoms with van der Waals surface area (Å²) in [5.41, 5.74) is 3.98. The lowest BCUT2D eigenvalue weighted by Crippen LogP contribution is -2.37. The number of fused-ring (bicyclic) bond motifs is 5. The number of aromatic amines is 1. The van der Waals surface area contributed by atoms with Gasteiger partial charge in [-0.25, -0.2) is 0 Å². The van der Waals surface area contributed by atoms with Gasteiger partial charge in [0.15, 0.2) is 6.10 Å². The number of benzene rings is 2. The minimum Gasteiger partial charge on any atom is -0.357 e. The second kappa shape index (κ2) is 5.40. The van der Waals surface area contributed by atoms with E-state index in [1.165, 1.54) is 5.56 Å². The number of hydrogen-bond donors (Lipinski definition) is 1. The molecule has 6 heteroatoms. The summed E-state index contributed by atoms with van der Waals surface area (Å²) < 4.78 is 0. The van der Waals surface area contributed by atoms with Crippen LogP contribution in [0.15, 0.2) is 54.6 Å². The Morgan fingerprint density at radius 2 is 1.88 bits per heavy atom. The fourth-order valence-corrected chi connectivity index (χ4v) is 4.21. The highest BCUT2D eigenvalue weighted by atomic mass is 16.7. The van der Waals surface area contributed by atoms with Crippen molar-refractivity contribution in [2.45, 2.75) is 24.6 Å². The monoisotopic (exact) mass is 335 g/mol. The van der Waals surface area contributed by atoms with Crippen molar-refractivity contribution >= 4 is 10.9 Å². The van der Waals surface area contributed by atoms with Crippen molar-refractivity contribution in [3.05, 3.63) is 81.5 Å².